The molecule has 0 aliphatic rings. The van der Waals surface area contributed by atoms with Gasteiger partial charge in [0.25, 0.3) is 0 Å². The van der Waals surface area contributed by atoms with Crippen LogP contribution >= 0.6 is 0 Å². The summed E-state index contributed by atoms with van der Waals surface area (Å²) in [5, 5.41) is 33.4. The number of aliphatic hydroxyl groups excluding tert-OH is 3. The largest absolute Gasteiger partial charge is 0.394 e. The van der Waals surface area contributed by atoms with Gasteiger partial charge < -0.3 is 20.6 Å². The second kappa shape index (κ2) is 35.7. The van der Waals surface area contributed by atoms with Gasteiger partial charge in [0.05, 0.1) is 18.8 Å². The maximum atomic E-state index is 12.4. The monoisotopic (exact) mass is 636 g/mol. The van der Waals surface area contributed by atoms with E-state index in [1.807, 2.05) is 0 Å². The molecule has 5 nitrogen and oxygen atoms in total. The zero-order chi connectivity index (χ0) is 33.1. The summed E-state index contributed by atoms with van der Waals surface area (Å²) in [6.07, 6.45) is 41.3. The Kier molecular flexibility index (Phi) is 34.8. The third-order valence-corrected chi connectivity index (χ3v) is 9.03. The molecule has 0 aromatic rings. The predicted molar refractivity (Wildman–Crippen MR) is 195 cm³/mol. The van der Waals surface area contributed by atoms with Crippen molar-refractivity contribution in [1.29, 1.82) is 0 Å². The molecule has 0 heterocycles. The fourth-order valence-electron chi connectivity index (χ4n) is 5.92. The Morgan fingerprint density at radius 2 is 0.889 bits per heavy atom. The van der Waals surface area contributed by atoms with Crippen LogP contribution in [0.4, 0.5) is 0 Å². The normalized spacial score (nSPS) is 14.0. The van der Waals surface area contributed by atoms with Gasteiger partial charge in [0.2, 0.25) is 5.91 Å². The van der Waals surface area contributed by atoms with Crippen LogP contribution in [0.25, 0.3) is 0 Å². The summed E-state index contributed by atoms with van der Waals surface area (Å²) < 4.78 is 0. The summed E-state index contributed by atoms with van der Waals surface area (Å²) in [6, 6.07) is -0.825. The Bertz CT molecular complexity index is 665. The molecule has 0 saturated carbocycles. The molecule has 0 aromatic carbocycles. The average molecular weight is 636 g/mol. The van der Waals surface area contributed by atoms with Gasteiger partial charge >= 0.3 is 0 Å². The Balaban J connectivity index is 3.71. The average Bonchev–Trinajstić information content (AvgIpc) is 3.04. The van der Waals surface area contributed by atoms with Crippen LogP contribution in [0.3, 0.4) is 0 Å². The van der Waals surface area contributed by atoms with Crippen molar-refractivity contribution in [2.45, 2.75) is 218 Å². The van der Waals surface area contributed by atoms with E-state index in [-0.39, 0.29) is 12.5 Å². The molecule has 0 radical (unpaired) electrons. The fraction of sp³-hybridized carbons (Fsp3) is 0.875. The van der Waals surface area contributed by atoms with Crippen molar-refractivity contribution in [2.75, 3.05) is 6.61 Å². The number of unbranched alkanes of at least 4 members (excludes halogenated alkanes) is 23. The van der Waals surface area contributed by atoms with Crippen LogP contribution in [0.5, 0.6) is 0 Å². The molecule has 3 atom stereocenters. The van der Waals surface area contributed by atoms with Crippen molar-refractivity contribution in [3.8, 4) is 0 Å². The van der Waals surface area contributed by atoms with Crippen molar-refractivity contribution >= 4 is 5.91 Å². The number of nitrogens with one attached hydrogen (secondary N) is 1. The van der Waals surface area contributed by atoms with Crippen LogP contribution in [0.1, 0.15) is 200 Å². The highest BCUT2D eigenvalue weighted by Gasteiger charge is 2.26. The maximum Gasteiger partial charge on any atom is 0.220 e. The minimum absolute atomic E-state index is 0.160. The first-order chi connectivity index (χ1) is 22.1. The highest BCUT2D eigenvalue weighted by atomic mass is 16.3. The molecule has 0 fully saturated rings. The van der Waals surface area contributed by atoms with E-state index in [1.54, 1.807) is 0 Å². The molecule has 45 heavy (non-hydrogen) atoms. The predicted octanol–water partition coefficient (Wildman–Crippen LogP) is 10.7. The molecule has 4 N–H and O–H groups in total. The second-order valence-electron chi connectivity index (χ2n) is 13.5. The maximum absolute atomic E-state index is 12.4. The van der Waals surface area contributed by atoms with Gasteiger partial charge in [0, 0.05) is 6.42 Å². The van der Waals surface area contributed by atoms with Crippen LogP contribution in [-0.4, -0.2) is 46.1 Å². The van der Waals surface area contributed by atoms with Crippen LogP contribution in [0.15, 0.2) is 24.3 Å². The third-order valence-electron chi connectivity index (χ3n) is 9.03. The molecule has 0 saturated heterocycles. The van der Waals surface area contributed by atoms with Crippen molar-refractivity contribution in [1.82, 2.24) is 5.32 Å². The number of amides is 1. The Morgan fingerprint density at radius 3 is 1.29 bits per heavy atom. The zero-order valence-electron chi connectivity index (χ0n) is 30.0. The lowest BCUT2D eigenvalue weighted by Gasteiger charge is -2.26. The van der Waals surface area contributed by atoms with Gasteiger partial charge in [-0.05, 0) is 64.2 Å². The molecule has 0 aliphatic carbocycles. The lowest BCUT2D eigenvalue weighted by atomic mass is 10.0. The van der Waals surface area contributed by atoms with Gasteiger partial charge in [-0.3, -0.25) is 4.79 Å². The van der Waals surface area contributed by atoms with Crippen molar-refractivity contribution < 1.29 is 20.1 Å². The first-order valence-corrected chi connectivity index (χ1v) is 19.6. The van der Waals surface area contributed by atoms with Crippen molar-refractivity contribution in [3.05, 3.63) is 24.3 Å². The minimum Gasteiger partial charge on any atom is -0.394 e. The van der Waals surface area contributed by atoms with Crippen molar-refractivity contribution in [3.63, 3.8) is 0 Å². The van der Waals surface area contributed by atoms with Gasteiger partial charge in [0.1, 0.15) is 6.10 Å². The quantitative estimate of drug-likeness (QED) is 0.0412. The standard InChI is InChI=1S/C40H77NO4/c1-3-5-7-9-11-13-15-17-19-20-21-23-25-27-29-31-33-35-39(44)41-37(36-42)40(45)38(43)34-32-30-28-26-24-22-18-16-14-12-10-8-6-4-2/h17,19,26,28,37-38,40,42-43,45H,3-16,18,20-25,27,29-36H2,1-2H3,(H,41,44)/b19-17-,28-26+. The number of allylic oxidation sites excluding steroid dienone is 4. The number of aliphatic hydroxyl groups is 3. The van der Waals surface area contributed by atoms with Crippen LogP contribution < -0.4 is 5.32 Å². The number of hydrogen-bond donors (Lipinski definition) is 4. The highest BCUT2D eigenvalue weighted by molar-refractivity contribution is 5.76. The molecule has 0 aromatic heterocycles. The molecule has 0 aliphatic heterocycles. The van der Waals surface area contributed by atoms with Crippen LogP contribution in [-0.2, 0) is 4.79 Å². The SMILES string of the molecule is CCCCCCCC/C=C\CCCCCCCCCC(=O)NC(CO)C(O)C(O)CCC/C=C/CCCCCCCCCCC. The zero-order valence-corrected chi connectivity index (χ0v) is 30.0. The number of hydrogen-bond acceptors (Lipinski definition) is 4. The topological polar surface area (TPSA) is 89.8 Å². The first kappa shape index (κ1) is 43.8. The second-order valence-corrected chi connectivity index (χ2v) is 13.5. The Hall–Kier alpha value is -1.17. The smallest absolute Gasteiger partial charge is 0.220 e. The molecule has 1 amide bonds. The Morgan fingerprint density at radius 1 is 0.533 bits per heavy atom. The first-order valence-electron chi connectivity index (χ1n) is 19.6. The number of carbonyl (C=O) groups is 1. The van der Waals surface area contributed by atoms with E-state index < -0.39 is 18.2 Å². The van der Waals surface area contributed by atoms with E-state index in [0.717, 1.165) is 38.5 Å². The van der Waals surface area contributed by atoms with E-state index in [1.165, 1.54) is 135 Å². The summed E-state index contributed by atoms with van der Waals surface area (Å²) in [7, 11) is 0. The molecule has 266 valence electrons. The van der Waals surface area contributed by atoms with Gasteiger partial charge in [-0.1, -0.05) is 154 Å². The molecule has 3 unspecified atom stereocenters. The van der Waals surface area contributed by atoms with Gasteiger partial charge in [0.15, 0.2) is 0 Å². The molecular weight excluding hydrogens is 558 g/mol. The van der Waals surface area contributed by atoms with E-state index in [4.69, 9.17) is 0 Å². The van der Waals surface area contributed by atoms with E-state index >= 15 is 0 Å². The van der Waals surface area contributed by atoms with Gasteiger partial charge in [-0.2, -0.15) is 0 Å². The summed E-state index contributed by atoms with van der Waals surface area (Å²) >= 11 is 0. The molecule has 5 heteroatoms. The van der Waals surface area contributed by atoms with Gasteiger partial charge in [-0.25, -0.2) is 0 Å². The lowest BCUT2D eigenvalue weighted by Crippen LogP contribution is -2.50. The van der Waals surface area contributed by atoms with Crippen molar-refractivity contribution in [2.24, 2.45) is 0 Å². The van der Waals surface area contributed by atoms with E-state index in [9.17, 15) is 20.1 Å². The molecule has 0 spiro atoms. The summed E-state index contributed by atoms with van der Waals surface area (Å²) in [6.45, 7) is 4.15. The Labute approximate surface area is 280 Å². The van der Waals surface area contributed by atoms with Gasteiger partial charge in [-0.15, -0.1) is 0 Å². The third kappa shape index (κ3) is 31.2. The minimum atomic E-state index is -1.16. The summed E-state index contributed by atoms with van der Waals surface area (Å²) in [5.41, 5.74) is 0. The van der Waals surface area contributed by atoms with E-state index in [0.29, 0.717) is 12.8 Å². The van der Waals surface area contributed by atoms with E-state index in [2.05, 4.69) is 43.5 Å². The number of carbonyl (C=O) groups excluding carboxylic acids is 1. The molecule has 0 rings (SSSR count). The van der Waals surface area contributed by atoms with Crippen LogP contribution in [0, 0.1) is 0 Å². The summed E-state index contributed by atoms with van der Waals surface area (Å²) in [4.78, 5) is 12.4. The lowest BCUT2D eigenvalue weighted by molar-refractivity contribution is -0.124. The highest BCUT2D eigenvalue weighted by Crippen LogP contribution is 2.14. The summed E-state index contributed by atoms with van der Waals surface area (Å²) in [5.74, 6) is -0.160. The fourth-order valence-corrected chi connectivity index (χ4v) is 5.92. The number of rotatable bonds is 35. The molecule has 0 bridgehead atoms. The molecular formula is C40H77NO4. The van der Waals surface area contributed by atoms with Crippen LogP contribution in [0.2, 0.25) is 0 Å².